The van der Waals surface area contributed by atoms with Crippen molar-refractivity contribution in [3.63, 3.8) is 0 Å². The molecule has 1 N–H and O–H groups in total. The number of hydrogen-bond acceptors (Lipinski definition) is 1. The fourth-order valence-corrected chi connectivity index (χ4v) is 1.76. The first-order chi connectivity index (χ1) is 6.88. The average molecular weight is 254 g/mol. The summed E-state index contributed by atoms with van der Waals surface area (Å²) in [6.07, 6.45) is -8.28. The molecular formula is C8H9F7O. The van der Waals surface area contributed by atoms with Crippen LogP contribution in [-0.2, 0) is 0 Å². The third-order valence-electron chi connectivity index (χ3n) is 2.93. The van der Waals surface area contributed by atoms with E-state index in [4.69, 9.17) is 5.11 Å². The molecular weight excluding hydrogens is 245 g/mol. The predicted molar refractivity (Wildman–Crippen MR) is 39.3 cm³/mol. The van der Waals surface area contributed by atoms with Crippen molar-refractivity contribution in [2.75, 3.05) is 0 Å². The van der Waals surface area contributed by atoms with Gasteiger partial charge >= 0.3 is 6.18 Å². The standard InChI is InChI=1S/C8H9F7O/c1-4-2-3-5(9,10)7(16,6(4,11)12)8(13,14)15/h4,16H,2-3H2,1H3/t4-,7?/m0/s1. The molecule has 8 heteroatoms. The van der Waals surface area contributed by atoms with Crippen molar-refractivity contribution in [3.05, 3.63) is 0 Å². The first-order valence-electron chi connectivity index (χ1n) is 4.42. The molecule has 0 aromatic carbocycles. The molecule has 1 rings (SSSR count). The highest BCUT2D eigenvalue weighted by Crippen LogP contribution is 2.59. The first-order valence-corrected chi connectivity index (χ1v) is 4.42. The number of aliphatic hydroxyl groups is 1. The molecule has 1 unspecified atom stereocenters. The molecule has 0 amide bonds. The Morgan fingerprint density at radius 2 is 1.56 bits per heavy atom. The Morgan fingerprint density at radius 3 is 1.88 bits per heavy atom. The quantitative estimate of drug-likeness (QED) is 0.659. The number of hydrogen-bond donors (Lipinski definition) is 1. The fraction of sp³-hybridized carbons (Fsp3) is 1.00. The highest BCUT2D eigenvalue weighted by Gasteiger charge is 2.83. The molecule has 0 spiro atoms. The molecule has 0 radical (unpaired) electrons. The van der Waals surface area contributed by atoms with Gasteiger partial charge in [-0.1, -0.05) is 6.92 Å². The lowest BCUT2D eigenvalue weighted by Crippen LogP contribution is -2.72. The van der Waals surface area contributed by atoms with Crippen LogP contribution in [0.3, 0.4) is 0 Å². The molecule has 0 aliphatic heterocycles. The Kier molecular flexibility index (Phi) is 2.74. The second kappa shape index (κ2) is 3.24. The van der Waals surface area contributed by atoms with Gasteiger partial charge in [0.05, 0.1) is 0 Å². The molecule has 1 aliphatic carbocycles. The van der Waals surface area contributed by atoms with E-state index < -0.39 is 42.4 Å². The molecule has 1 saturated carbocycles. The van der Waals surface area contributed by atoms with E-state index in [0.717, 1.165) is 0 Å². The van der Waals surface area contributed by atoms with Gasteiger partial charge < -0.3 is 5.11 Å². The van der Waals surface area contributed by atoms with Gasteiger partial charge in [-0.05, 0) is 6.42 Å². The van der Waals surface area contributed by atoms with Crippen LogP contribution in [0.25, 0.3) is 0 Å². The number of alkyl halides is 7. The van der Waals surface area contributed by atoms with Gasteiger partial charge in [0.15, 0.2) is 0 Å². The minimum atomic E-state index is -6.09. The van der Waals surface area contributed by atoms with Gasteiger partial charge in [0, 0.05) is 12.3 Å². The van der Waals surface area contributed by atoms with Crippen LogP contribution in [0.5, 0.6) is 0 Å². The van der Waals surface area contributed by atoms with Crippen molar-refractivity contribution in [2.24, 2.45) is 5.92 Å². The molecule has 0 saturated heterocycles. The summed E-state index contributed by atoms with van der Waals surface area (Å²) in [4.78, 5) is 0. The van der Waals surface area contributed by atoms with Crippen molar-refractivity contribution in [2.45, 2.75) is 43.4 Å². The fourth-order valence-electron chi connectivity index (χ4n) is 1.76. The Hall–Kier alpha value is -0.530. The predicted octanol–water partition coefficient (Wildman–Crippen LogP) is 2.98. The maximum Gasteiger partial charge on any atom is 0.429 e. The second-order valence-electron chi connectivity index (χ2n) is 3.98. The average Bonchev–Trinajstić information content (AvgIpc) is 2.08. The third-order valence-corrected chi connectivity index (χ3v) is 2.93. The Morgan fingerprint density at radius 1 is 1.12 bits per heavy atom. The smallest absolute Gasteiger partial charge is 0.371 e. The number of rotatable bonds is 0. The summed E-state index contributed by atoms with van der Waals surface area (Å²) in [7, 11) is 0. The normalized spacial score (nSPS) is 38.4. The zero-order valence-corrected chi connectivity index (χ0v) is 8.08. The molecule has 0 aromatic heterocycles. The van der Waals surface area contributed by atoms with Gasteiger partial charge in [-0.15, -0.1) is 0 Å². The van der Waals surface area contributed by atoms with E-state index in [1.807, 2.05) is 0 Å². The summed E-state index contributed by atoms with van der Waals surface area (Å²) in [5, 5.41) is 8.81. The van der Waals surface area contributed by atoms with E-state index in [1.165, 1.54) is 0 Å². The summed E-state index contributed by atoms with van der Waals surface area (Å²) in [6, 6.07) is 0. The lowest BCUT2D eigenvalue weighted by atomic mass is 9.72. The monoisotopic (exact) mass is 254 g/mol. The van der Waals surface area contributed by atoms with E-state index >= 15 is 0 Å². The van der Waals surface area contributed by atoms with Crippen LogP contribution in [0, 0.1) is 5.92 Å². The molecule has 1 aliphatic rings. The van der Waals surface area contributed by atoms with Gasteiger partial charge in [0.25, 0.3) is 17.4 Å². The van der Waals surface area contributed by atoms with Crippen molar-refractivity contribution in [3.8, 4) is 0 Å². The van der Waals surface area contributed by atoms with Gasteiger partial charge in [-0.25, -0.2) is 17.6 Å². The Labute approximate surface area is 86.2 Å². The van der Waals surface area contributed by atoms with Crippen molar-refractivity contribution in [1.82, 2.24) is 0 Å². The van der Waals surface area contributed by atoms with Crippen LogP contribution >= 0.6 is 0 Å². The highest BCUT2D eigenvalue weighted by molar-refractivity contribution is 5.13. The zero-order valence-electron chi connectivity index (χ0n) is 8.08. The lowest BCUT2D eigenvalue weighted by Gasteiger charge is -2.48. The topological polar surface area (TPSA) is 20.2 Å². The van der Waals surface area contributed by atoms with Gasteiger partial charge in [-0.3, -0.25) is 0 Å². The van der Waals surface area contributed by atoms with E-state index in [0.29, 0.717) is 6.92 Å². The van der Waals surface area contributed by atoms with Gasteiger partial charge in [0.1, 0.15) is 0 Å². The van der Waals surface area contributed by atoms with E-state index in [-0.39, 0.29) is 0 Å². The van der Waals surface area contributed by atoms with E-state index in [1.54, 1.807) is 0 Å². The summed E-state index contributed by atoms with van der Waals surface area (Å²) >= 11 is 0. The van der Waals surface area contributed by atoms with Crippen LogP contribution in [0.15, 0.2) is 0 Å². The summed E-state index contributed by atoms with van der Waals surface area (Å²) in [5.74, 6) is -11.8. The van der Waals surface area contributed by atoms with Gasteiger partial charge in [-0.2, -0.15) is 13.2 Å². The van der Waals surface area contributed by atoms with Crippen LogP contribution in [0.2, 0.25) is 0 Å². The molecule has 0 bridgehead atoms. The van der Waals surface area contributed by atoms with Crippen LogP contribution in [0.4, 0.5) is 30.7 Å². The largest absolute Gasteiger partial charge is 0.429 e. The maximum atomic E-state index is 13.2. The minimum absolute atomic E-state index is 0.700. The molecule has 16 heavy (non-hydrogen) atoms. The van der Waals surface area contributed by atoms with Crippen molar-refractivity contribution < 1.29 is 35.8 Å². The van der Waals surface area contributed by atoms with Crippen LogP contribution in [0.1, 0.15) is 19.8 Å². The first kappa shape index (κ1) is 13.5. The molecule has 2 atom stereocenters. The third kappa shape index (κ3) is 1.42. The van der Waals surface area contributed by atoms with Crippen molar-refractivity contribution >= 4 is 0 Å². The minimum Gasteiger partial charge on any atom is -0.371 e. The molecule has 1 fully saturated rings. The van der Waals surface area contributed by atoms with Crippen LogP contribution < -0.4 is 0 Å². The Bertz CT molecular complexity index is 285. The van der Waals surface area contributed by atoms with E-state index in [9.17, 15) is 30.7 Å². The van der Waals surface area contributed by atoms with Crippen LogP contribution in [-0.4, -0.2) is 28.7 Å². The second-order valence-corrected chi connectivity index (χ2v) is 3.98. The summed E-state index contributed by atoms with van der Waals surface area (Å²) in [5.41, 5.74) is -5.29. The highest BCUT2D eigenvalue weighted by atomic mass is 19.4. The SMILES string of the molecule is C[C@H]1CCC(F)(F)C(O)(C(F)(F)F)C1(F)F. The van der Waals surface area contributed by atoms with Crippen molar-refractivity contribution in [1.29, 1.82) is 0 Å². The molecule has 1 nitrogen and oxygen atoms in total. The zero-order chi connectivity index (χ0) is 13.0. The molecule has 0 aromatic rings. The summed E-state index contributed by atoms with van der Waals surface area (Å²) in [6.45, 7) is 0.700. The maximum absolute atomic E-state index is 13.2. The lowest BCUT2D eigenvalue weighted by molar-refractivity contribution is -0.415. The van der Waals surface area contributed by atoms with Gasteiger partial charge in [0.2, 0.25) is 0 Å². The number of halogens is 7. The summed E-state index contributed by atoms with van der Waals surface area (Å²) < 4.78 is 89.2. The molecule has 0 heterocycles. The molecule has 96 valence electrons. The van der Waals surface area contributed by atoms with E-state index in [2.05, 4.69) is 0 Å². The Balaban J connectivity index is 3.37.